The van der Waals surface area contributed by atoms with E-state index in [2.05, 4.69) is 10.00 Å². The van der Waals surface area contributed by atoms with E-state index >= 15 is 0 Å². The summed E-state index contributed by atoms with van der Waals surface area (Å²) < 4.78 is 1.83. The molecule has 2 aromatic rings. The lowest BCUT2D eigenvalue weighted by atomic mass is 10.1. The molecule has 22 heavy (non-hydrogen) atoms. The summed E-state index contributed by atoms with van der Waals surface area (Å²) >= 11 is 0. The van der Waals surface area contributed by atoms with Crippen LogP contribution in [-0.2, 0) is 7.05 Å². The molecule has 118 valence electrons. The summed E-state index contributed by atoms with van der Waals surface area (Å²) in [5.41, 5.74) is 0.909. The van der Waals surface area contributed by atoms with Gasteiger partial charge in [0.1, 0.15) is 11.6 Å². The molecular weight excluding hydrogens is 278 g/mol. The Hall–Kier alpha value is -1.69. The molecule has 0 bridgehead atoms. The van der Waals surface area contributed by atoms with E-state index in [1.165, 1.54) is 25.7 Å². The number of β-amino-alcohol motifs (C(OH)–C–C–N with tert-alkyl or cyclic N) is 1. The second-order valence-corrected chi connectivity index (χ2v) is 6.63. The van der Waals surface area contributed by atoms with Gasteiger partial charge in [-0.25, -0.2) is 9.97 Å². The van der Waals surface area contributed by atoms with Crippen molar-refractivity contribution < 1.29 is 5.11 Å². The first-order chi connectivity index (χ1) is 10.7. The Morgan fingerprint density at radius 1 is 1.14 bits per heavy atom. The predicted molar refractivity (Wildman–Crippen MR) is 85.0 cm³/mol. The summed E-state index contributed by atoms with van der Waals surface area (Å²) in [5, 5.41) is 15.4. The molecule has 0 aromatic carbocycles. The van der Waals surface area contributed by atoms with Crippen molar-refractivity contribution in [2.24, 2.45) is 7.05 Å². The Morgan fingerprint density at radius 2 is 1.95 bits per heavy atom. The van der Waals surface area contributed by atoms with E-state index in [9.17, 15) is 5.11 Å². The summed E-state index contributed by atoms with van der Waals surface area (Å²) in [6, 6.07) is 0. The molecule has 1 saturated carbocycles. The fraction of sp³-hybridized carbons (Fsp3) is 0.688. The van der Waals surface area contributed by atoms with Crippen molar-refractivity contribution in [1.29, 1.82) is 0 Å². The lowest BCUT2D eigenvalue weighted by Gasteiger charge is -2.31. The molecule has 1 aliphatic heterocycles. The highest BCUT2D eigenvalue weighted by Crippen LogP contribution is 2.35. The van der Waals surface area contributed by atoms with Crippen LogP contribution >= 0.6 is 0 Å². The van der Waals surface area contributed by atoms with Gasteiger partial charge in [0, 0.05) is 26.1 Å². The lowest BCUT2D eigenvalue weighted by Crippen LogP contribution is -2.39. The maximum atomic E-state index is 9.99. The van der Waals surface area contributed by atoms with Gasteiger partial charge >= 0.3 is 0 Å². The normalized spacial score (nSPS) is 23.5. The SMILES string of the molecule is Cn1ncc2c(N3CCCC(O)C3)nc(C3CCCC3)nc21. The number of hydrogen-bond donors (Lipinski definition) is 1. The summed E-state index contributed by atoms with van der Waals surface area (Å²) in [4.78, 5) is 11.9. The Labute approximate surface area is 130 Å². The molecule has 2 aromatic heterocycles. The second-order valence-electron chi connectivity index (χ2n) is 6.63. The highest BCUT2D eigenvalue weighted by molar-refractivity contribution is 5.87. The van der Waals surface area contributed by atoms with Gasteiger partial charge in [-0.3, -0.25) is 4.68 Å². The van der Waals surface area contributed by atoms with Crippen LogP contribution < -0.4 is 4.90 Å². The summed E-state index contributed by atoms with van der Waals surface area (Å²) in [5.74, 6) is 2.40. The van der Waals surface area contributed by atoms with Gasteiger partial charge in [0.2, 0.25) is 0 Å². The van der Waals surface area contributed by atoms with Crippen LogP contribution in [0.1, 0.15) is 50.3 Å². The van der Waals surface area contributed by atoms with E-state index in [0.717, 1.165) is 42.1 Å². The number of aliphatic hydroxyl groups is 1. The van der Waals surface area contributed by atoms with E-state index in [4.69, 9.17) is 9.97 Å². The molecule has 1 atom stereocenters. The van der Waals surface area contributed by atoms with Crippen molar-refractivity contribution in [1.82, 2.24) is 19.7 Å². The van der Waals surface area contributed by atoms with Crippen molar-refractivity contribution in [3.05, 3.63) is 12.0 Å². The first-order valence-electron chi connectivity index (χ1n) is 8.35. The minimum Gasteiger partial charge on any atom is -0.391 e. The molecule has 1 unspecified atom stereocenters. The highest BCUT2D eigenvalue weighted by atomic mass is 16.3. The fourth-order valence-corrected chi connectivity index (χ4v) is 3.78. The van der Waals surface area contributed by atoms with E-state index in [-0.39, 0.29) is 6.10 Å². The minimum absolute atomic E-state index is 0.259. The Bertz CT molecular complexity index is 676. The molecular formula is C16H23N5O. The summed E-state index contributed by atoms with van der Waals surface area (Å²) in [6.45, 7) is 1.60. The number of nitrogens with zero attached hydrogens (tertiary/aromatic N) is 5. The van der Waals surface area contributed by atoms with Crippen molar-refractivity contribution in [2.45, 2.75) is 50.5 Å². The molecule has 2 aliphatic rings. The molecule has 4 rings (SSSR count). The van der Waals surface area contributed by atoms with Gasteiger partial charge in [-0.05, 0) is 25.7 Å². The van der Waals surface area contributed by atoms with Crippen molar-refractivity contribution in [2.75, 3.05) is 18.0 Å². The minimum atomic E-state index is -0.259. The first kappa shape index (κ1) is 13.9. The van der Waals surface area contributed by atoms with Crippen LogP contribution in [0.15, 0.2) is 6.20 Å². The summed E-state index contributed by atoms with van der Waals surface area (Å²) in [7, 11) is 1.93. The molecule has 0 radical (unpaired) electrons. The van der Waals surface area contributed by atoms with Crippen LogP contribution in [0.5, 0.6) is 0 Å². The van der Waals surface area contributed by atoms with Gasteiger partial charge in [0.15, 0.2) is 5.65 Å². The predicted octanol–water partition coefficient (Wildman–Crippen LogP) is 1.98. The third-order valence-electron chi connectivity index (χ3n) is 5.01. The molecule has 3 heterocycles. The highest BCUT2D eigenvalue weighted by Gasteiger charge is 2.26. The molecule has 1 aliphatic carbocycles. The smallest absolute Gasteiger partial charge is 0.163 e. The maximum Gasteiger partial charge on any atom is 0.163 e. The zero-order valence-electron chi connectivity index (χ0n) is 13.1. The number of fused-ring (bicyclic) bond motifs is 1. The number of rotatable bonds is 2. The molecule has 2 fully saturated rings. The second kappa shape index (κ2) is 5.50. The Balaban J connectivity index is 1.80. The number of piperidine rings is 1. The van der Waals surface area contributed by atoms with Crippen molar-refractivity contribution in [3.63, 3.8) is 0 Å². The average Bonchev–Trinajstić information content (AvgIpc) is 3.17. The van der Waals surface area contributed by atoms with Crippen molar-refractivity contribution >= 4 is 16.9 Å². The standard InChI is InChI=1S/C16H23N5O/c1-20-15-13(9-17-20)16(21-8-4-7-12(22)10-21)19-14(18-15)11-5-2-3-6-11/h9,11-12,22H,2-8,10H2,1H3. The molecule has 0 amide bonds. The third kappa shape index (κ3) is 2.35. The lowest BCUT2D eigenvalue weighted by molar-refractivity contribution is 0.154. The van der Waals surface area contributed by atoms with Gasteiger partial charge in [-0.1, -0.05) is 12.8 Å². The molecule has 0 spiro atoms. The van der Waals surface area contributed by atoms with E-state index in [1.807, 2.05) is 17.9 Å². The van der Waals surface area contributed by atoms with Crippen LogP contribution in [-0.4, -0.2) is 44.0 Å². The Morgan fingerprint density at radius 3 is 2.73 bits per heavy atom. The summed E-state index contributed by atoms with van der Waals surface area (Å²) in [6.07, 6.45) is 8.40. The molecule has 1 saturated heterocycles. The number of anilines is 1. The van der Waals surface area contributed by atoms with E-state index < -0.39 is 0 Å². The van der Waals surface area contributed by atoms with Crippen LogP contribution in [0.4, 0.5) is 5.82 Å². The fourth-order valence-electron chi connectivity index (χ4n) is 3.78. The molecule has 6 heteroatoms. The number of aryl methyl sites for hydroxylation is 1. The Kier molecular flexibility index (Phi) is 3.48. The third-order valence-corrected chi connectivity index (χ3v) is 5.01. The number of aromatic nitrogens is 4. The molecule has 1 N–H and O–H groups in total. The average molecular weight is 301 g/mol. The van der Waals surface area contributed by atoms with Gasteiger partial charge in [-0.2, -0.15) is 5.10 Å². The van der Waals surface area contributed by atoms with Crippen LogP contribution in [0.3, 0.4) is 0 Å². The van der Waals surface area contributed by atoms with Crippen LogP contribution in [0.25, 0.3) is 11.0 Å². The zero-order chi connectivity index (χ0) is 15.1. The van der Waals surface area contributed by atoms with Gasteiger partial charge in [0.05, 0.1) is 17.7 Å². The largest absolute Gasteiger partial charge is 0.391 e. The first-order valence-corrected chi connectivity index (χ1v) is 8.35. The van der Waals surface area contributed by atoms with Crippen molar-refractivity contribution in [3.8, 4) is 0 Å². The number of hydrogen-bond acceptors (Lipinski definition) is 5. The van der Waals surface area contributed by atoms with E-state index in [0.29, 0.717) is 12.5 Å². The van der Waals surface area contributed by atoms with E-state index in [1.54, 1.807) is 0 Å². The molecule has 6 nitrogen and oxygen atoms in total. The monoisotopic (exact) mass is 301 g/mol. The number of aliphatic hydroxyl groups excluding tert-OH is 1. The maximum absolute atomic E-state index is 9.99. The van der Waals surface area contributed by atoms with Gasteiger partial charge in [-0.15, -0.1) is 0 Å². The zero-order valence-corrected chi connectivity index (χ0v) is 13.1. The van der Waals surface area contributed by atoms with Gasteiger partial charge < -0.3 is 10.0 Å². The quantitative estimate of drug-likeness (QED) is 0.918. The van der Waals surface area contributed by atoms with Crippen LogP contribution in [0, 0.1) is 0 Å². The van der Waals surface area contributed by atoms with Gasteiger partial charge in [0.25, 0.3) is 0 Å². The topological polar surface area (TPSA) is 67.1 Å². The van der Waals surface area contributed by atoms with Crippen LogP contribution in [0.2, 0.25) is 0 Å².